The van der Waals surface area contributed by atoms with Gasteiger partial charge in [-0.2, -0.15) is 0 Å². The smallest absolute Gasteiger partial charge is 0.358 e. The predicted molar refractivity (Wildman–Crippen MR) is 66.1 cm³/mol. The van der Waals surface area contributed by atoms with Crippen molar-refractivity contribution in [1.29, 1.82) is 0 Å². The van der Waals surface area contributed by atoms with Gasteiger partial charge in [-0.1, -0.05) is 12.1 Å². The quantitative estimate of drug-likeness (QED) is 0.922. The molecule has 2 rings (SSSR count). The number of oxazole rings is 1. The van der Waals surface area contributed by atoms with E-state index in [0.29, 0.717) is 11.7 Å². The Balaban J connectivity index is 2.58. The van der Waals surface area contributed by atoms with E-state index in [4.69, 9.17) is 9.52 Å². The highest BCUT2D eigenvalue weighted by Gasteiger charge is 2.18. The number of hydrogen-bond acceptors (Lipinski definition) is 3. The van der Waals surface area contributed by atoms with Crippen molar-refractivity contribution >= 4 is 21.9 Å². The Morgan fingerprint density at radius 1 is 1.41 bits per heavy atom. The molecule has 1 aromatic heterocycles. The van der Waals surface area contributed by atoms with Crippen molar-refractivity contribution in [2.45, 2.75) is 13.8 Å². The highest BCUT2D eigenvalue weighted by atomic mass is 79.9. The van der Waals surface area contributed by atoms with E-state index in [1.165, 1.54) is 0 Å². The van der Waals surface area contributed by atoms with Crippen LogP contribution in [0.4, 0.5) is 0 Å². The maximum absolute atomic E-state index is 10.9. The van der Waals surface area contributed by atoms with Gasteiger partial charge in [0.15, 0.2) is 5.69 Å². The molecule has 0 saturated heterocycles. The molecule has 0 saturated carbocycles. The minimum absolute atomic E-state index is 0.0478. The van der Waals surface area contributed by atoms with E-state index < -0.39 is 5.97 Å². The van der Waals surface area contributed by atoms with Crippen molar-refractivity contribution in [3.63, 3.8) is 0 Å². The summed E-state index contributed by atoms with van der Waals surface area (Å²) in [6.45, 7) is 3.53. The molecular formula is C12H10BrNO3. The minimum atomic E-state index is -1.08. The summed E-state index contributed by atoms with van der Waals surface area (Å²) in [5.41, 5.74) is 1.74. The molecule has 0 fully saturated rings. The van der Waals surface area contributed by atoms with Crippen LogP contribution in [-0.2, 0) is 0 Å². The fraction of sp³-hybridized carbons (Fsp3) is 0.167. The second-order valence-electron chi connectivity index (χ2n) is 3.67. The zero-order valence-electron chi connectivity index (χ0n) is 9.32. The number of nitrogens with zero attached hydrogens (tertiary/aromatic N) is 1. The number of aromatic carboxylic acids is 1. The summed E-state index contributed by atoms with van der Waals surface area (Å²) in [5, 5.41) is 8.92. The normalized spacial score (nSPS) is 10.5. The molecule has 17 heavy (non-hydrogen) atoms. The molecule has 0 aliphatic carbocycles. The van der Waals surface area contributed by atoms with E-state index in [2.05, 4.69) is 20.9 Å². The third-order valence-electron chi connectivity index (χ3n) is 2.42. The van der Waals surface area contributed by atoms with Gasteiger partial charge in [-0.15, -0.1) is 0 Å². The van der Waals surface area contributed by atoms with Crippen LogP contribution in [-0.4, -0.2) is 16.1 Å². The molecule has 0 spiro atoms. The molecule has 1 heterocycles. The summed E-state index contributed by atoms with van der Waals surface area (Å²) in [7, 11) is 0. The van der Waals surface area contributed by atoms with Crippen LogP contribution in [0.2, 0.25) is 0 Å². The first-order valence-corrected chi connectivity index (χ1v) is 5.76. The first kappa shape index (κ1) is 11.9. The number of hydrogen-bond donors (Lipinski definition) is 1. The van der Waals surface area contributed by atoms with Crippen molar-refractivity contribution in [3.05, 3.63) is 39.7 Å². The molecule has 0 unspecified atom stereocenters. The Hall–Kier alpha value is -1.62. The predicted octanol–water partition coefficient (Wildman–Crippen LogP) is 3.42. The van der Waals surface area contributed by atoms with Gasteiger partial charge in [0.25, 0.3) is 0 Å². The van der Waals surface area contributed by atoms with E-state index in [9.17, 15) is 4.79 Å². The lowest BCUT2D eigenvalue weighted by Crippen LogP contribution is -1.98. The molecule has 1 aromatic carbocycles. The summed E-state index contributed by atoms with van der Waals surface area (Å²) in [6, 6.07) is 5.64. The topological polar surface area (TPSA) is 63.3 Å². The first-order valence-electron chi connectivity index (χ1n) is 4.97. The molecule has 0 atom stereocenters. The van der Waals surface area contributed by atoms with Crippen molar-refractivity contribution < 1.29 is 14.3 Å². The van der Waals surface area contributed by atoms with Gasteiger partial charge in [-0.05, 0) is 41.4 Å². The lowest BCUT2D eigenvalue weighted by Gasteiger charge is -2.02. The molecule has 0 aliphatic heterocycles. The van der Waals surface area contributed by atoms with Crippen LogP contribution in [0.3, 0.4) is 0 Å². The number of halogens is 1. The van der Waals surface area contributed by atoms with Crippen LogP contribution < -0.4 is 0 Å². The van der Waals surface area contributed by atoms with Crippen LogP contribution in [0, 0.1) is 13.8 Å². The Morgan fingerprint density at radius 2 is 2.12 bits per heavy atom. The maximum atomic E-state index is 10.9. The molecule has 0 radical (unpaired) electrons. The van der Waals surface area contributed by atoms with Gasteiger partial charge >= 0.3 is 5.97 Å². The molecule has 88 valence electrons. The van der Waals surface area contributed by atoms with E-state index in [1.807, 2.05) is 25.1 Å². The number of aryl methyl sites for hydroxylation is 2. The summed E-state index contributed by atoms with van der Waals surface area (Å²) in [4.78, 5) is 14.9. The SMILES string of the molecule is Cc1cccc(-c2nc(C(=O)O)c(C)o2)c1Br. The fourth-order valence-electron chi connectivity index (χ4n) is 1.52. The van der Waals surface area contributed by atoms with E-state index in [1.54, 1.807) is 6.92 Å². The third kappa shape index (κ3) is 2.10. The van der Waals surface area contributed by atoms with Crippen LogP contribution in [0.5, 0.6) is 0 Å². The molecule has 0 bridgehead atoms. The molecule has 0 aliphatic rings. The second-order valence-corrected chi connectivity index (χ2v) is 4.46. The van der Waals surface area contributed by atoms with Crippen LogP contribution in [0.15, 0.2) is 27.1 Å². The second kappa shape index (κ2) is 4.33. The summed E-state index contributed by atoms with van der Waals surface area (Å²) in [6.07, 6.45) is 0. The number of carboxylic acid groups (broad SMARTS) is 1. The maximum Gasteiger partial charge on any atom is 0.358 e. The standard InChI is InChI=1S/C12H10BrNO3/c1-6-4-3-5-8(9(6)13)11-14-10(12(15)16)7(2)17-11/h3-5H,1-2H3,(H,15,16). The number of rotatable bonds is 2. The van der Waals surface area contributed by atoms with Gasteiger partial charge in [0.2, 0.25) is 5.89 Å². The molecule has 2 aromatic rings. The number of benzene rings is 1. The Kier molecular flexibility index (Phi) is 3.02. The van der Waals surface area contributed by atoms with Crippen LogP contribution in [0.1, 0.15) is 21.8 Å². The molecule has 0 amide bonds. The lowest BCUT2D eigenvalue weighted by molar-refractivity contribution is 0.0689. The Labute approximate surface area is 106 Å². The average Bonchev–Trinajstić information content (AvgIpc) is 2.64. The molecule has 1 N–H and O–H groups in total. The van der Waals surface area contributed by atoms with Gasteiger partial charge in [-0.25, -0.2) is 9.78 Å². The van der Waals surface area contributed by atoms with E-state index in [-0.39, 0.29) is 5.69 Å². The molecule has 4 nitrogen and oxygen atoms in total. The fourth-order valence-corrected chi connectivity index (χ4v) is 1.96. The van der Waals surface area contributed by atoms with E-state index in [0.717, 1.165) is 15.6 Å². The van der Waals surface area contributed by atoms with Crippen LogP contribution >= 0.6 is 15.9 Å². The van der Waals surface area contributed by atoms with Crippen molar-refractivity contribution in [2.24, 2.45) is 0 Å². The number of carboxylic acids is 1. The van der Waals surface area contributed by atoms with Crippen molar-refractivity contribution in [2.75, 3.05) is 0 Å². The Bertz CT molecular complexity index is 589. The molecular weight excluding hydrogens is 286 g/mol. The van der Waals surface area contributed by atoms with Crippen LogP contribution in [0.25, 0.3) is 11.5 Å². The van der Waals surface area contributed by atoms with E-state index >= 15 is 0 Å². The zero-order chi connectivity index (χ0) is 12.6. The van der Waals surface area contributed by atoms with Gasteiger partial charge in [0, 0.05) is 4.47 Å². The zero-order valence-corrected chi connectivity index (χ0v) is 10.9. The monoisotopic (exact) mass is 295 g/mol. The minimum Gasteiger partial charge on any atom is -0.476 e. The highest BCUT2D eigenvalue weighted by Crippen LogP contribution is 2.31. The Morgan fingerprint density at radius 3 is 2.71 bits per heavy atom. The van der Waals surface area contributed by atoms with Gasteiger partial charge in [-0.3, -0.25) is 0 Å². The van der Waals surface area contributed by atoms with Gasteiger partial charge < -0.3 is 9.52 Å². The van der Waals surface area contributed by atoms with Gasteiger partial charge in [0.1, 0.15) is 5.76 Å². The van der Waals surface area contributed by atoms with Gasteiger partial charge in [0.05, 0.1) is 5.56 Å². The van der Waals surface area contributed by atoms with Crippen molar-refractivity contribution in [1.82, 2.24) is 4.98 Å². The third-order valence-corrected chi connectivity index (χ3v) is 3.47. The lowest BCUT2D eigenvalue weighted by atomic mass is 10.1. The summed E-state index contributed by atoms with van der Waals surface area (Å²) >= 11 is 3.44. The number of carbonyl (C=O) groups is 1. The van der Waals surface area contributed by atoms with Crippen molar-refractivity contribution in [3.8, 4) is 11.5 Å². The summed E-state index contributed by atoms with van der Waals surface area (Å²) < 4.78 is 6.24. The highest BCUT2D eigenvalue weighted by molar-refractivity contribution is 9.10. The summed E-state index contributed by atoms with van der Waals surface area (Å²) in [5.74, 6) is -0.461. The average molecular weight is 296 g/mol. The largest absolute Gasteiger partial charge is 0.476 e. The first-order chi connectivity index (χ1) is 8.00. The molecule has 5 heteroatoms. The number of aromatic nitrogens is 1.